The molecule has 6 nitrogen and oxygen atoms in total. The molecule has 0 aliphatic heterocycles. The van der Waals surface area contributed by atoms with Crippen LogP contribution < -0.4 is 11.1 Å². The average molecular weight is 225 g/mol. The van der Waals surface area contributed by atoms with Gasteiger partial charge in [0, 0.05) is 20.0 Å². The minimum Gasteiger partial charge on any atom is -0.354 e. The average Bonchev–Trinajstić information content (AvgIpc) is 2.65. The van der Waals surface area contributed by atoms with E-state index in [1.54, 1.807) is 6.33 Å². The highest BCUT2D eigenvalue weighted by Gasteiger charge is 2.11. The zero-order valence-electron chi connectivity index (χ0n) is 9.81. The normalized spacial score (nSPS) is 12.4. The van der Waals surface area contributed by atoms with Gasteiger partial charge in [0.1, 0.15) is 12.2 Å². The van der Waals surface area contributed by atoms with Crippen LogP contribution in [0.25, 0.3) is 0 Å². The molecular formula is C10H19N5O. The molecule has 0 aliphatic carbocycles. The summed E-state index contributed by atoms with van der Waals surface area (Å²) in [5, 5.41) is 10.5. The molecule has 6 heteroatoms. The molecule has 1 unspecified atom stereocenters. The number of carbonyl (C=O) groups is 1. The number of nitrogens with zero attached hydrogens (tertiary/aromatic N) is 3. The number of hydrogen-bond acceptors (Lipinski definition) is 4. The van der Waals surface area contributed by atoms with E-state index in [9.17, 15) is 4.79 Å². The molecule has 0 fully saturated rings. The Morgan fingerprint density at radius 2 is 2.44 bits per heavy atom. The lowest BCUT2D eigenvalue weighted by Crippen LogP contribution is -2.41. The zero-order chi connectivity index (χ0) is 12.0. The van der Waals surface area contributed by atoms with Crippen molar-refractivity contribution in [1.29, 1.82) is 0 Å². The van der Waals surface area contributed by atoms with Gasteiger partial charge in [0.25, 0.3) is 0 Å². The number of nitrogens with two attached hydrogens (primary N) is 1. The number of aryl methyl sites for hydroxylation is 1. The first-order chi connectivity index (χ1) is 7.65. The second-order valence-corrected chi connectivity index (χ2v) is 3.79. The highest BCUT2D eigenvalue weighted by Crippen LogP contribution is 1.94. The van der Waals surface area contributed by atoms with Crippen LogP contribution >= 0.6 is 0 Å². The summed E-state index contributed by atoms with van der Waals surface area (Å²) in [5.74, 6) is 0.758. The van der Waals surface area contributed by atoms with Crippen molar-refractivity contribution in [3.05, 3.63) is 12.2 Å². The number of amides is 1. The fourth-order valence-corrected chi connectivity index (χ4v) is 1.40. The number of aromatic nitrogens is 3. The molecule has 0 aromatic carbocycles. The maximum absolute atomic E-state index is 11.5. The Morgan fingerprint density at radius 3 is 3.00 bits per heavy atom. The summed E-state index contributed by atoms with van der Waals surface area (Å²) in [4.78, 5) is 11.5. The smallest absolute Gasteiger partial charge is 0.236 e. The van der Waals surface area contributed by atoms with Crippen molar-refractivity contribution in [2.75, 3.05) is 6.54 Å². The molecule has 0 radical (unpaired) electrons. The lowest BCUT2D eigenvalue weighted by Gasteiger charge is -2.10. The number of rotatable bonds is 6. The molecule has 0 saturated carbocycles. The molecule has 0 aliphatic rings. The van der Waals surface area contributed by atoms with Gasteiger partial charge in [0.2, 0.25) is 5.91 Å². The molecule has 1 rings (SSSR count). The second kappa shape index (κ2) is 6.22. The van der Waals surface area contributed by atoms with Crippen LogP contribution in [0.3, 0.4) is 0 Å². The Balaban J connectivity index is 2.25. The Kier molecular flexibility index (Phi) is 4.91. The molecule has 0 bridgehead atoms. The van der Waals surface area contributed by atoms with Crippen LogP contribution in [0.1, 0.15) is 25.6 Å². The molecule has 3 N–H and O–H groups in total. The van der Waals surface area contributed by atoms with Gasteiger partial charge < -0.3 is 15.6 Å². The third-order valence-corrected chi connectivity index (χ3v) is 2.39. The van der Waals surface area contributed by atoms with E-state index >= 15 is 0 Å². The SMILES string of the molecule is CCCC(N)C(=O)NCCc1nncn1C. The molecule has 90 valence electrons. The van der Waals surface area contributed by atoms with Gasteiger partial charge >= 0.3 is 0 Å². The predicted molar refractivity (Wildman–Crippen MR) is 60.6 cm³/mol. The molecule has 16 heavy (non-hydrogen) atoms. The first-order valence-electron chi connectivity index (χ1n) is 5.51. The van der Waals surface area contributed by atoms with E-state index in [1.807, 2.05) is 18.5 Å². The fraction of sp³-hybridized carbons (Fsp3) is 0.700. The molecule has 1 atom stereocenters. The Hall–Kier alpha value is -1.43. The van der Waals surface area contributed by atoms with Crippen molar-refractivity contribution >= 4 is 5.91 Å². The van der Waals surface area contributed by atoms with Crippen LogP contribution in [0, 0.1) is 0 Å². The minimum atomic E-state index is -0.399. The molecule has 1 aromatic heterocycles. The van der Waals surface area contributed by atoms with Gasteiger partial charge in [0.05, 0.1) is 6.04 Å². The van der Waals surface area contributed by atoms with Crippen LogP contribution in [0.15, 0.2) is 6.33 Å². The van der Waals surface area contributed by atoms with E-state index in [1.165, 1.54) is 0 Å². The number of carbonyl (C=O) groups excluding carboxylic acids is 1. The van der Waals surface area contributed by atoms with Crippen molar-refractivity contribution in [3.8, 4) is 0 Å². The summed E-state index contributed by atoms with van der Waals surface area (Å²) < 4.78 is 1.83. The third kappa shape index (κ3) is 3.62. The van der Waals surface area contributed by atoms with Crippen molar-refractivity contribution in [2.45, 2.75) is 32.2 Å². The summed E-state index contributed by atoms with van der Waals surface area (Å²) >= 11 is 0. The quantitative estimate of drug-likeness (QED) is 0.690. The van der Waals surface area contributed by atoms with Gasteiger partial charge in [-0.2, -0.15) is 0 Å². The maximum Gasteiger partial charge on any atom is 0.236 e. The molecule has 1 aromatic rings. The van der Waals surface area contributed by atoms with Gasteiger partial charge in [0.15, 0.2) is 0 Å². The van der Waals surface area contributed by atoms with Crippen LogP contribution in [-0.4, -0.2) is 33.3 Å². The van der Waals surface area contributed by atoms with E-state index in [2.05, 4.69) is 15.5 Å². The van der Waals surface area contributed by atoms with Crippen LogP contribution in [-0.2, 0) is 18.3 Å². The summed E-state index contributed by atoms with van der Waals surface area (Å²) in [6.07, 6.45) is 3.94. The first-order valence-corrected chi connectivity index (χ1v) is 5.51. The topological polar surface area (TPSA) is 85.8 Å². The van der Waals surface area contributed by atoms with Gasteiger partial charge in [-0.3, -0.25) is 4.79 Å². The van der Waals surface area contributed by atoms with Crippen molar-refractivity contribution < 1.29 is 4.79 Å². The predicted octanol–water partition coefficient (Wildman–Crippen LogP) is -0.399. The standard InChI is InChI=1S/C10H19N5O/c1-3-4-8(11)10(16)12-6-5-9-14-13-7-15(9)2/h7-8H,3-6,11H2,1-2H3,(H,12,16). The van der Waals surface area contributed by atoms with Crippen molar-refractivity contribution in [2.24, 2.45) is 12.8 Å². The van der Waals surface area contributed by atoms with Gasteiger partial charge in [-0.25, -0.2) is 0 Å². The monoisotopic (exact) mass is 225 g/mol. The lowest BCUT2D eigenvalue weighted by atomic mass is 10.1. The number of nitrogens with one attached hydrogen (secondary N) is 1. The maximum atomic E-state index is 11.5. The van der Waals surface area contributed by atoms with Crippen LogP contribution in [0.4, 0.5) is 0 Å². The first kappa shape index (κ1) is 12.6. The largest absolute Gasteiger partial charge is 0.354 e. The fourth-order valence-electron chi connectivity index (χ4n) is 1.40. The summed E-state index contributed by atoms with van der Waals surface area (Å²) in [5.41, 5.74) is 5.67. The highest BCUT2D eigenvalue weighted by atomic mass is 16.2. The van der Waals surface area contributed by atoms with E-state index in [4.69, 9.17) is 5.73 Å². The Morgan fingerprint density at radius 1 is 1.69 bits per heavy atom. The summed E-state index contributed by atoms with van der Waals surface area (Å²) in [6, 6.07) is -0.399. The Bertz CT molecular complexity index is 336. The van der Waals surface area contributed by atoms with Crippen molar-refractivity contribution in [3.63, 3.8) is 0 Å². The van der Waals surface area contributed by atoms with Crippen LogP contribution in [0.2, 0.25) is 0 Å². The van der Waals surface area contributed by atoms with E-state index in [0.29, 0.717) is 13.0 Å². The molecule has 1 heterocycles. The second-order valence-electron chi connectivity index (χ2n) is 3.79. The third-order valence-electron chi connectivity index (χ3n) is 2.39. The van der Waals surface area contributed by atoms with E-state index in [-0.39, 0.29) is 5.91 Å². The van der Waals surface area contributed by atoms with Crippen LogP contribution in [0.5, 0.6) is 0 Å². The number of hydrogen-bond donors (Lipinski definition) is 2. The Labute approximate surface area is 95.2 Å². The van der Waals surface area contributed by atoms with E-state index in [0.717, 1.165) is 18.7 Å². The molecule has 0 saturated heterocycles. The van der Waals surface area contributed by atoms with Gasteiger partial charge in [-0.15, -0.1) is 10.2 Å². The zero-order valence-corrected chi connectivity index (χ0v) is 9.81. The highest BCUT2D eigenvalue weighted by molar-refractivity contribution is 5.81. The van der Waals surface area contributed by atoms with Gasteiger partial charge in [-0.1, -0.05) is 13.3 Å². The minimum absolute atomic E-state index is 0.0935. The van der Waals surface area contributed by atoms with Gasteiger partial charge in [-0.05, 0) is 6.42 Å². The summed E-state index contributed by atoms with van der Waals surface area (Å²) in [7, 11) is 1.87. The molecule has 1 amide bonds. The van der Waals surface area contributed by atoms with E-state index < -0.39 is 6.04 Å². The van der Waals surface area contributed by atoms with Crippen molar-refractivity contribution in [1.82, 2.24) is 20.1 Å². The molecular weight excluding hydrogens is 206 g/mol. The summed E-state index contributed by atoms with van der Waals surface area (Å²) in [6.45, 7) is 2.55. The molecule has 0 spiro atoms. The lowest BCUT2D eigenvalue weighted by molar-refractivity contribution is -0.122.